The molecule has 18 heavy (non-hydrogen) atoms. The predicted molar refractivity (Wildman–Crippen MR) is 68.8 cm³/mol. The standard InChI is InChI=1S/C13H18FN3O/c1-13(2)8-16-12(18)11(7-15)17(13)10-5-3-4-9(14)6-10/h3-6,11H,7-8,15H2,1-2H3,(H,16,18). The summed E-state index contributed by atoms with van der Waals surface area (Å²) in [5, 5.41) is 2.83. The topological polar surface area (TPSA) is 58.4 Å². The molecule has 1 fully saturated rings. The molecule has 0 spiro atoms. The molecule has 4 nitrogen and oxygen atoms in total. The Balaban J connectivity index is 2.44. The van der Waals surface area contributed by atoms with Crippen LogP contribution in [0.2, 0.25) is 0 Å². The maximum atomic E-state index is 13.3. The van der Waals surface area contributed by atoms with Crippen molar-refractivity contribution in [2.45, 2.75) is 25.4 Å². The van der Waals surface area contributed by atoms with Crippen molar-refractivity contribution in [1.82, 2.24) is 5.32 Å². The third-order valence-corrected chi connectivity index (χ3v) is 3.27. The zero-order valence-corrected chi connectivity index (χ0v) is 10.6. The molecule has 1 amide bonds. The van der Waals surface area contributed by atoms with E-state index in [-0.39, 0.29) is 23.8 Å². The number of rotatable bonds is 2. The monoisotopic (exact) mass is 251 g/mol. The molecule has 5 heteroatoms. The number of anilines is 1. The molecule has 1 aliphatic heterocycles. The Morgan fingerprint density at radius 3 is 2.89 bits per heavy atom. The summed E-state index contributed by atoms with van der Waals surface area (Å²) >= 11 is 0. The number of nitrogens with zero attached hydrogens (tertiary/aromatic N) is 1. The van der Waals surface area contributed by atoms with Crippen LogP contribution in [0.3, 0.4) is 0 Å². The molecule has 1 atom stereocenters. The molecule has 98 valence electrons. The first-order chi connectivity index (χ1) is 8.45. The van der Waals surface area contributed by atoms with Gasteiger partial charge in [0.05, 0.1) is 5.54 Å². The largest absolute Gasteiger partial charge is 0.352 e. The van der Waals surface area contributed by atoms with Crippen LogP contribution in [0.4, 0.5) is 10.1 Å². The van der Waals surface area contributed by atoms with E-state index >= 15 is 0 Å². The highest BCUT2D eigenvalue weighted by Crippen LogP contribution is 2.29. The first-order valence-electron chi connectivity index (χ1n) is 5.98. The molecular weight excluding hydrogens is 233 g/mol. The molecule has 0 saturated carbocycles. The number of nitrogens with two attached hydrogens (primary N) is 1. The smallest absolute Gasteiger partial charge is 0.244 e. The van der Waals surface area contributed by atoms with Crippen LogP contribution in [-0.2, 0) is 4.79 Å². The summed E-state index contributed by atoms with van der Waals surface area (Å²) in [7, 11) is 0. The molecule has 1 aromatic rings. The molecule has 1 saturated heterocycles. The van der Waals surface area contributed by atoms with Gasteiger partial charge in [0, 0.05) is 18.8 Å². The lowest BCUT2D eigenvalue weighted by atomic mass is 9.94. The van der Waals surface area contributed by atoms with Crippen LogP contribution in [0.5, 0.6) is 0 Å². The van der Waals surface area contributed by atoms with E-state index in [0.29, 0.717) is 12.2 Å². The van der Waals surface area contributed by atoms with Gasteiger partial charge in [0.15, 0.2) is 0 Å². The van der Waals surface area contributed by atoms with Gasteiger partial charge in [0.2, 0.25) is 5.91 Å². The minimum Gasteiger partial charge on any atom is -0.352 e. The number of amides is 1. The van der Waals surface area contributed by atoms with Crippen LogP contribution in [0, 0.1) is 5.82 Å². The maximum Gasteiger partial charge on any atom is 0.244 e. The number of nitrogens with one attached hydrogen (secondary N) is 1. The lowest BCUT2D eigenvalue weighted by molar-refractivity contribution is -0.124. The van der Waals surface area contributed by atoms with Crippen molar-refractivity contribution < 1.29 is 9.18 Å². The average Bonchev–Trinajstić information content (AvgIpc) is 2.31. The van der Waals surface area contributed by atoms with E-state index in [4.69, 9.17) is 5.73 Å². The van der Waals surface area contributed by atoms with Gasteiger partial charge in [-0.25, -0.2) is 4.39 Å². The summed E-state index contributed by atoms with van der Waals surface area (Å²) in [5.41, 5.74) is 6.07. The Kier molecular flexibility index (Phi) is 3.26. The summed E-state index contributed by atoms with van der Waals surface area (Å²) in [6.45, 7) is 4.71. The molecule has 1 aliphatic rings. The van der Waals surface area contributed by atoms with Crippen molar-refractivity contribution in [2.75, 3.05) is 18.0 Å². The minimum absolute atomic E-state index is 0.110. The van der Waals surface area contributed by atoms with Gasteiger partial charge in [-0.1, -0.05) is 6.07 Å². The van der Waals surface area contributed by atoms with E-state index in [1.807, 2.05) is 18.7 Å². The number of hydrogen-bond donors (Lipinski definition) is 2. The highest BCUT2D eigenvalue weighted by atomic mass is 19.1. The van der Waals surface area contributed by atoms with Crippen molar-refractivity contribution in [1.29, 1.82) is 0 Å². The summed E-state index contributed by atoms with van der Waals surface area (Å²) in [6.07, 6.45) is 0. The quantitative estimate of drug-likeness (QED) is 0.820. The Bertz CT molecular complexity index is 461. The summed E-state index contributed by atoms with van der Waals surface area (Å²) in [6, 6.07) is 5.80. The Morgan fingerprint density at radius 1 is 1.56 bits per heavy atom. The second kappa shape index (κ2) is 4.57. The number of piperazine rings is 1. The predicted octanol–water partition coefficient (Wildman–Crippen LogP) is 0.868. The van der Waals surface area contributed by atoms with Crippen LogP contribution in [0.15, 0.2) is 24.3 Å². The van der Waals surface area contributed by atoms with E-state index in [9.17, 15) is 9.18 Å². The van der Waals surface area contributed by atoms with E-state index in [0.717, 1.165) is 0 Å². The molecule has 2 rings (SSSR count). The van der Waals surface area contributed by atoms with Crippen molar-refractivity contribution in [3.63, 3.8) is 0 Å². The van der Waals surface area contributed by atoms with Gasteiger partial charge in [0.25, 0.3) is 0 Å². The molecule has 0 bridgehead atoms. The third kappa shape index (κ3) is 2.18. The Morgan fingerprint density at radius 2 is 2.28 bits per heavy atom. The highest BCUT2D eigenvalue weighted by Gasteiger charge is 2.40. The van der Waals surface area contributed by atoms with Gasteiger partial charge in [-0.2, -0.15) is 0 Å². The fraction of sp³-hybridized carbons (Fsp3) is 0.462. The zero-order valence-electron chi connectivity index (χ0n) is 10.6. The van der Waals surface area contributed by atoms with Gasteiger partial charge in [0.1, 0.15) is 11.9 Å². The van der Waals surface area contributed by atoms with Crippen molar-refractivity contribution in [2.24, 2.45) is 5.73 Å². The van der Waals surface area contributed by atoms with Crippen LogP contribution in [-0.4, -0.2) is 30.6 Å². The summed E-state index contributed by atoms with van der Waals surface area (Å²) in [5.74, 6) is -0.425. The van der Waals surface area contributed by atoms with Crippen LogP contribution >= 0.6 is 0 Å². The summed E-state index contributed by atoms with van der Waals surface area (Å²) < 4.78 is 13.3. The molecular formula is C13H18FN3O. The van der Waals surface area contributed by atoms with Gasteiger partial charge < -0.3 is 16.0 Å². The first kappa shape index (κ1) is 12.8. The number of benzene rings is 1. The van der Waals surface area contributed by atoms with Crippen LogP contribution < -0.4 is 16.0 Å². The van der Waals surface area contributed by atoms with Gasteiger partial charge in [-0.15, -0.1) is 0 Å². The highest BCUT2D eigenvalue weighted by molar-refractivity contribution is 5.87. The maximum absolute atomic E-state index is 13.3. The van der Waals surface area contributed by atoms with Crippen molar-refractivity contribution >= 4 is 11.6 Å². The van der Waals surface area contributed by atoms with Crippen molar-refractivity contribution in [3.8, 4) is 0 Å². The van der Waals surface area contributed by atoms with E-state index in [2.05, 4.69) is 5.32 Å². The SMILES string of the molecule is CC1(C)CNC(=O)C(CN)N1c1cccc(F)c1. The molecule has 0 aromatic heterocycles. The summed E-state index contributed by atoms with van der Waals surface area (Å²) in [4.78, 5) is 13.8. The van der Waals surface area contributed by atoms with Gasteiger partial charge in [-0.05, 0) is 32.0 Å². The van der Waals surface area contributed by atoms with Crippen LogP contribution in [0.25, 0.3) is 0 Å². The number of halogens is 1. The van der Waals surface area contributed by atoms with Gasteiger partial charge >= 0.3 is 0 Å². The molecule has 3 N–H and O–H groups in total. The van der Waals surface area contributed by atoms with E-state index in [1.165, 1.54) is 12.1 Å². The molecule has 1 aromatic carbocycles. The average molecular weight is 251 g/mol. The van der Waals surface area contributed by atoms with Gasteiger partial charge in [-0.3, -0.25) is 4.79 Å². The first-order valence-corrected chi connectivity index (χ1v) is 5.98. The fourth-order valence-corrected chi connectivity index (χ4v) is 2.41. The normalized spacial score (nSPS) is 22.8. The van der Waals surface area contributed by atoms with Crippen LogP contribution in [0.1, 0.15) is 13.8 Å². The van der Waals surface area contributed by atoms with E-state index in [1.54, 1.807) is 12.1 Å². The number of hydrogen-bond acceptors (Lipinski definition) is 3. The second-order valence-corrected chi connectivity index (χ2v) is 5.13. The molecule has 1 unspecified atom stereocenters. The molecule has 0 radical (unpaired) electrons. The minimum atomic E-state index is -0.462. The Hall–Kier alpha value is -1.62. The molecule has 0 aliphatic carbocycles. The number of carbonyl (C=O) groups excluding carboxylic acids is 1. The van der Waals surface area contributed by atoms with Crippen molar-refractivity contribution in [3.05, 3.63) is 30.1 Å². The second-order valence-electron chi connectivity index (χ2n) is 5.13. The lowest BCUT2D eigenvalue weighted by Crippen LogP contribution is -2.67. The number of carbonyl (C=O) groups is 1. The zero-order chi connectivity index (χ0) is 13.3. The lowest BCUT2D eigenvalue weighted by Gasteiger charge is -2.48. The van der Waals surface area contributed by atoms with E-state index < -0.39 is 6.04 Å². The molecule has 1 heterocycles. The fourth-order valence-electron chi connectivity index (χ4n) is 2.41. The third-order valence-electron chi connectivity index (χ3n) is 3.27. The Labute approximate surface area is 106 Å².